The maximum Gasteiger partial charge on any atom is 0.143 e. The Morgan fingerprint density at radius 2 is 2.00 bits per heavy atom. The summed E-state index contributed by atoms with van der Waals surface area (Å²) in [7, 11) is 0. The largest absolute Gasteiger partial charge is 0.305 e. The van der Waals surface area contributed by atoms with Gasteiger partial charge in [-0.05, 0) is 45.2 Å². The molecule has 1 aromatic carbocycles. The van der Waals surface area contributed by atoms with Crippen molar-refractivity contribution >= 4 is 22.6 Å². The summed E-state index contributed by atoms with van der Waals surface area (Å²) < 4.78 is 15.5. The van der Waals surface area contributed by atoms with E-state index in [1.54, 1.807) is 6.07 Å². The lowest BCUT2D eigenvalue weighted by Gasteiger charge is -2.42. The monoisotopic (exact) mass is 295 g/mol. The van der Waals surface area contributed by atoms with E-state index < -0.39 is 0 Å². The Balaban J connectivity index is 2.18. The fourth-order valence-corrected chi connectivity index (χ4v) is 3.41. The van der Waals surface area contributed by atoms with Crippen LogP contribution in [0.15, 0.2) is 18.2 Å². The molecule has 1 aliphatic rings. The van der Waals surface area contributed by atoms with Crippen LogP contribution in [0.25, 0.3) is 11.0 Å². The van der Waals surface area contributed by atoms with Gasteiger partial charge in [0.05, 0.1) is 16.9 Å². The summed E-state index contributed by atoms with van der Waals surface area (Å²) >= 11 is 6.05. The maximum atomic E-state index is 13.4. The molecule has 1 aliphatic heterocycles. The molecule has 20 heavy (non-hydrogen) atoms. The van der Waals surface area contributed by atoms with Crippen LogP contribution in [0.4, 0.5) is 4.39 Å². The van der Waals surface area contributed by atoms with Crippen molar-refractivity contribution in [3.05, 3.63) is 29.8 Å². The van der Waals surface area contributed by atoms with Gasteiger partial charge >= 0.3 is 0 Å². The molecule has 1 fully saturated rings. The van der Waals surface area contributed by atoms with Crippen LogP contribution in [0.1, 0.15) is 38.9 Å². The van der Waals surface area contributed by atoms with Crippen LogP contribution in [0.5, 0.6) is 0 Å². The number of rotatable bonds is 2. The van der Waals surface area contributed by atoms with Gasteiger partial charge in [0.15, 0.2) is 0 Å². The fourth-order valence-electron chi connectivity index (χ4n) is 3.24. The van der Waals surface area contributed by atoms with Crippen LogP contribution in [-0.2, 0) is 5.88 Å². The summed E-state index contributed by atoms with van der Waals surface area (Å²) in [5.74, 6) is 0.850. The SMILES string of the molecule is CC1CCCC(C)N1n1c(CCl)nc2cc(F)ccc21. The molecule has 0 aliphatic carbocycles. The van der Waals surface area contributed by atoms with Crippen molar-refractivity contribution in [1.82, 2.24) is 9.66 Å². The first-order valence-corrected chi connectivity index (χ1v) is 7.66. The molecule has 0 saturated carbocycles. The van der Waals surface area contributed by atoms with E-state index in [0.717, 1.165) is 24.2 Å². The normalized spacial score (nSPS) is 23.5. The second kappa shape index (κ2) is 5.24. The number of hydrogen-bond acceptors (Lipinski definition) is 2. The highest BCUT2D eigenvalue weighted by Gasteiger charge is 2.28. The van der Waals surface area contributed by atoms with Gasteiger partial charge in [-0.2, -0.15) is 0 Å². The van der Waals surface area contributed by atoms with E-state index in [9.17, 15) is 4.39 Å². The molecule has 2 atom stereocenters. The van der Waals surface area contributed by atoms with Crippen LogP contribution in [0.2, 0.25) is 0 Å². The molecule has 3 rings (SSSR count). The minimum Gasteiger partial charge on any atom is -0.305 e. The Morgan fingerprint density at radius 1 is 1.30 bits per heavy atom. The third kappa shape index (κ3) is 2.16. The topological polar surface area (TPSA) is 21.1 Å². The van der Waals surface area contributed by atoms with Crippen LogP contribution in [0, 0.1) is 5.82 Å². The summed E-state index contributed by atoms with van der Waals surface area (Å²) in [5.41, 5.74) is 1.60. The summed E-state index contributed by atoms with van der Waals surface area (Å²) in [6.45, 7) is 4.45. The van der Waals surface area contributed by atoms with Crippen LogP contribution in [-0.4, -0.2) is 21.7 Å². The number of halogens is 2. The summed E-state index contributed by atoms with van der Waals surface area (Å²) in [5, 5.41) is 2.34. The average Bonchev–Trinajstić information content (AvgIpc) is 2.76. The molecule has 3 nitrogen and oxygen atoms in total. The van der Waals surface area contributed by atoms with Gasteiger partial charge in [0.25, 0.3) is 0 Å². The molecule has 1 aromatic heterocycles. The maximum absolute atomic E-state index is 13.4. The first-order chi connectivity index (χ1) is 9.61. The summed E-state index contributed by atoms with van der Waals surface area (Å²) in [6, 6.07) is 5.62. The molecular weight excluding hydrogens is 277 g/mol. The molecule has 0 spiro atoms. The number of hydrogen-bond donors (Lipinski definition) is 0. The second-order valence-corrected chi connectivity index (χ2v) is 5.88. The van der Waals surface area contributed by atoms with Gasteiger partial charge in [0.2, 0.25) is 0 Å². The smallest absolute Gasteiger partial charge is 0.143 e. The first kappa shape index (κ1) is 13.7. The second-order valence-electron chi connectivity index (χ2n) is 5.62. The Hall–Kier alpha value is -1.29. The molecule has 0 amide bonds. The van der Waals surface area contributed by atoms with Crippen molar-refractivity contribution in [1.29, 1.82) is 0 Å². The highest BCUT2D eigenvalue weighted by atomic mass is 35.5. The van der Waals surface area contributed by atoms with Crippen molar-refractivity contribution in [2.24, 2.45) is 0 Å². The fraction of sp³-hybridized carbons (Fsp3) is 0.533. The highest BCUT2D eigenvalue weighted by molar-refractivity contribution is 6.16. The number of alkyl halides is 1. The number of nitrogens with zero attached hydrogens (tertiary/aromatic N) is 3. The van der Waals surface area contributed by atoms with Crippen LogP contribution in [0.3, 0.4) is 0 Å². The van der Waals surface area contributed by atoms with Gasteiger partial charge < -0.3 is 5.01 Å². The minimum atomic E-state index is -0.261. The van der Waals surface area contributed by atoms with E-state index in [0.29, 0.717) is 23.5 Å². The zero-order chi connectivity index (χ0) is 14.3. The molecule has 0 radical (unpaired) electrons. The predicted octanol–water partition coefficient (Wildman–Crippen LogP) is 3.81. The lowest BCUT2D eigenvalue weighted by Crippen LogP contribution is -2.51. The zero-order valence-corrected chi connectivity index (χ0v) is 12.6. The standard InChI is InChI=1S/C15H19ClFN3/c1-10-4-3-5-11(2)19(10)20-14-7-6-12(17)8-13(14)18-15(20)9-16/h6-8,10-11H,3-5,9H2,1-2H3. The molecule has 2 unspecified atom stereocenters. The van der Waals surface area contributed by atoms with Crippen LogP contribution >= 0.6 is 11.6 Å². The first-order valence-electron chi connectivity index (χ1n) is 7.13. The Labute approximate surface area is 123 Å². The molecule has 108 valence electrons. The van der Waals surface area contributed by atoms with E-state index in [1.807, 2.05) is 0 Å². The Morgan fingerprint density at radius 3 is 2.65 bits per heavy atom. The van der Waals surface area contributed by atoms with E-state index in [1.165, 1.54) is 18.6 Å². The van der Waals surface area contributed by atoms with Crippen molar-refractivity contribution in [2.75, 3.05) is 5.01 Å². The van der Waals surface area contributed by atoms with Crippen molar-refractivity contribution < 1.29 is 4.39 Å². The quantitative estimate of drug-likeness (QED) is 0.786. The highest BCUT2D eigenvalue weighted by Crippen LogP contribution is 2.27. The zero-order valence-electron chi connectivity index (χ0n) is 11.8. The van der Waals surface area contributed by atoms with Crippen molar-refractivity contribution in [3.63, 3.8) is 0 Å². The number of imidazole rings is 1. The third-order valence-corrected chi connectivity index (χ3v) is 4.40. The number of aromatic nitrogens is 2. The number of benzene rings is 1. The van der Waals surface area contributed by atoms with Gasteiger partial charge in [0.1, 0.15) is 11.6 Å². The number of piperidine rings is 1. The van der Waals surface area contributed by atoms with Gasteiger partial charge in [0, 0.05) is 18.2 Å². The molecular formula is C15H19ClFN3. The molecule has 0 N–H and O–H groups in total. The van der Waals surface area contributed by atoms with Crippen molar-refractivity contribution in [2.45, 2.75) is 51.1 Å². The molecule has 1 saturated heterocycles. The lowest BCUT2D eigenvalue weighted by atomic mass is 10.00. The van der Waals surface area contributed by atoms with E-state index >= 15 is 0 Å². The molecule has 0 bridgehead atoms. The van der Waals surface area contributed by atoms with Gasteiger partial charge in [-0.3, -0.25) is 0 Å². The average molecular weight is 296 g/mol. The van der Waals surface area contributed by atoms with E-state index in [2.05, 4.69) is 28.5 Å². The summed E-state index contributed by atoms with van der Waals surface area (Å²) in [6.07, 6.45) is 3.57. The number of fused-ring (bicyclic) bond motifs is 1. The predicted molar refractivity (Wildman–Crippen MR) is 80.2 cm³/mol. The van der Waals surface area contributed by atoms with E-state index in [4.69, 9.17) is 11.6 Å². The third-order valence-electron chi connectivity index (χ3n) is 4.16. The van der Waals surface area contributed by atoms with Gasteiger partial charge in [-0.25, -0.2) is 14.1 Å². The molecule has 2 aromatic rings. The van der Waals surface area contributed by atoms with Gasteiger partial charge in [-0.1, -0.05) is 0 Å². The van der Waals surface area contributed by atoms with Crippen LogP contribution < -0.4 is 5.01 Å². The Kier molecular flexibility index (Phi) is 3.59. The summed E-state index contributed by atoms with van der Waals surface area (Å²) in [4.78, 5) is 4.49. The Bertz CT molecular complexity index is 615. The van der Waals surface area contributed by atoms with Gasteiger partial charge in [-0.15, -0.1) is 11.6 Å². The molecule has 5 heteroatoms. The van der Waals surface area contributed by atoms with E-state index in [-0.39, 0.29) is 5.82 Å². The molecule has 2 heterocycles. The lowest BCUT2D eigenvalue weighted by molar-refractivity contribution is 0.337. The van der Waals surface area contributed by atoms with Crippen molar-refractivity contribution in [3.8, 4) is 0 Å². The minimum absolute atomic E-state index is 0.261.